The molecule has 0 unspecified atom stereocenters. The number of hydrogen-bond donors (Lipinski definition) is 0. The predicted octanol–water partition coefficient (Wildman–Crippen LogP) is 3.32. The fourth-order valence-electron chi connectivity index (χ4n) is 4.32. The van der Waals surface area contributed by atoms with E-state index in [0.29, 0.717) is 5.60 Å². The molecule has 0 atom stereocenters. The first kappa shape index (κ1) is 8.72. The van der Waals surface area contributed by atoms with Gasteiger partial charge in [0, 0.05) is 0 Å². The fraction of sp³-hybridized carbons (Fsp3) is 1.00. The molecule has 4 aliphatic rings. The van der Waals surface area contributed by atoms with E-state index in [2.05, 4.69) is 15.9 Å². The third kappa shape index (κ3) is 1.37. The Morgan fingerprint density at radius 2 is 1.46 bits per heavy atom. The second-order valence-electron chi connectivity index (χ2n) is 5.35. The van der Waals surface area contributed by atoms with E-state index in [-0.39, 0.29) is 0 Å². The highest BCUT2D eigenvalue weighted by Gasteiger charge is 2.51. The smallest absolute Gasteiger partial charge is 0.102 e. The quantitative estimate of drug-likeness (QED) is 0.678. The number of hydrogen-bond acceptors (Lipinski definition) is 1. The van der Waals surface area contributed by atoms with Gasteiger partial charge in [0.1, 0.15) is 5.52 Å². The molecule has 0 aromatic carbocycles. The van der Waals surface area contributed by atoms with Gasteiger partial charge >= 0.3 is 0 Å². The summed E-state index contributed by atoms with van der Waals surface area (Å²) in [4.78, 5) is 0. The standard InChI is InChI=1S/C11H17BrO/c12-7-13-11-4-8-1-9(5-11)3-10(2-8)6-11/h8-10H,1-7H2. The summed E-state index contributed by atoms with van der Waals surface area (Å²) in [6.45, 7) is 0. The number of alkyl halides is 1. The SMILES string of the molecule is BrCOC12CC3CC(CC(C3)C1)C2. The Morgan fingerprint density at radius 3 is 1.85 bits per heavy atom. The maximum Gasteiger partial charge on any atom is 0.102 e. The maximum absolute atomic E-state index is 5.96. The number of halogens is 1. The van der Waals surface area contributed by atoms with E-state index in [1.54, 1.807) is 0 Å². The molecule has 0 saturated heterocycles. The first-order chi connectivity index (χ1) is 6.30. The molecule has 0 aromatic heterocycles. The van der Waals surface area contributed by atoms with Crippen LogP contribution in [-0.2, 0) is 4.74 Å². The van der Waals surface area contributed by atoms with Gasteiger partial charge in [-0.05, 0) is 56.3 Å². The van der Waals surface area contributed by atoms with Crippen molar-refractivity contribution in [3.63, 3.8) is 0 Å². The normalized spacial score (nSPS) is 52.8. The number of ether oxygens (including phenoxy) is 1. The summed E-state index contributed by atoms with van der Waals surface area (Å²) >= 11 is 3.42. The van der Waals surface area contributed by atoms with Crippen molar-refractivity contribution in [2.24, 2.45) is 17.8 Å². The molecule has 0 amide bonds. The third-order valence-corrected chi connectivity index (χ3v) is 4.57. The van der Waals surface area contributed by atoms with Crippen LogP contribution in [0.3, 0.4) is 0 Å². The van der Waals surface area contributed by atoms with E-state index < -0.39 is 0 Å². The molecule has 0 spiro atoms. The van der Waals surface area contributed by atoms with Gasteiger partial charge in [0.05, 0.1) is 5.60 Å². The largest absolute Gasteiger partial charge is 0.364 e. The van der Waals surface area contributed by atoms with Gasteiger partial charge in [-0.15, -0.1) is 0 Å². The van der Waals surface area contributed by atoms with Gasteiger partial charge in [-0.1, -0.05) is 15.9 Å². The minimum Gasteiger partial charge on any atom is -0.364 e. The van der Waals surface area contributed by atoms with E-state index in [1.807, 2.05) is 0 Å². The van der Waals surface area contributed by atoms with Crippen molar-refractivity contribution in [1.29, 1.82) is 0 Å². The van der Waals surface area contributed by atoms with E-state index in [4.69, 9.17) is 4.74 Å². The highest BCUT2D eigenvalue weighted by Crippen LogP contribution is 2.57. The van der Waals surface area contributed by atoms with Gasteiger partial charge in [0.15, 0.2) is 0 Å². The van der Waals surface area contributed by atoms with Crippen LogP contribution in [-0.4, -0.2) is 11.1 Å². The molecule has 74 valence electrons. The summed E-state index contributed by atoms with van der Waals surface area (Å²) in [6, 6.07) is 0. The second-order valence-corrected chi connectivity index (χ2v) is 5.81. The van der Waals surface area contributed by atoms with E-state index in [1.165, 1.54) is 38.5 Å². The van der Waals surface area contributed by atoms with Crippen LogP contribution in [0.5, 0.6) is 0 Å². The van der Waals surface area contributed by atoms with Crippen LogP contribution in [0.4, 0.5) is 0 Å². The van der Waals surface area contributed by atoms with Gasteiger partial charge in [0.25, 0.3) is 0 Å². The maximum atomic E-state index is 5.96. The minimum atomic E-state index is 0.304. The van der Waals surface area contributed by atoms with Crippen LogP contribution in [0.15, 0.2) is 0 Å². The molecular weight excluding hydrogens is 228 g/mol. The zero-order valence-electron chi connectivity index (χ0n) is 7.97. The van der Waals surface area contributed by atoms with Crippen LogP contribution in [0.2, 0.25) is 0 Å². The van der Waals surface area contributed by atoms with Crippen LogP contribution in [0.1, 0.15) is 38.5 Å². The fourth-order valence-corrected chi connectivity index (χ4v) is 4.81. The molecule has 0 radical (unpaired) electrons. The molecule has 2 heteroatoms. The molecule has 1 nitrogen and oxygen atoms in total. The topological polar surface area (TPSA) is 9.23 Å². The first-order valence-corrected chi connectivity index (χ1v) is 6.62. The van der Waals surface area contributed by atoms with Crippen molar-refractivity contribution in [1.82, 2.24) is 0 Å². The Balaban J connectivity index is 1.83. The van der Waals surface area contributed by atoms with Gasteiger partial charge in [-0.2, -0.15) is 0 Å². The van der Waals surface area contributed by atoms with E-state index >= 15 is 0 Å². The predicted molar refractivity (Wildman–Crippen MR) is 55.8 cm³/mol. The third-order valence-electron chi connectivity index (χ3n) is 4.34. The molecule has 0 heterocycles. The second kappa shape index (κ2) is 2.96. The van der Waals surface area contributed by atoms with Gasteiger partial charge < -0.3 is 4.74 Å². The van der Waals surface area contributed by atoms with Crippen LogP contribution < -0.4 is 0 Å². The van der Waals surface area contributed by atoms with Crippen LogP contribution >= 0.6 is 15.9 Å². The lowest BCUT2D eigenvalue weighted by atomic mass is 9.54. The Hall–Kier alpha value is 0.440. The Kier molecular flexibility index (Phi) is 1.99. The lowest BCUT2D eigenvalue weighted by Crippen LogP contribution is -2.51. The average molecular weight is 245 g/mol. The minimum absolute atomic E-state index is 0.304. The Labute approximate surface area is 88.4 Å². The van der Waals surface area contributed by atoms with Crippen LogP contribution in [0, 0.1) is 17.8 Å². The highest BCUT2D eigenvalue weighted by atomic mass is 79.9. The number of rotatable bonds is 2. The molecule has 0 aliphatic heterocycles. The summed E-state index contributed by atoms with van der Waals surface area (Å²) in [6.07, 6.45) is 8.57. The molecule has 4 fully saturated rings. The van der Waals surface area contributed by atoms with Crippen molar-refractivity contribution in [2.45, 2.75) is 44.1 Å². The summed E-state index contributed by atoms with van der Waals surface area (Å²) in [5, 5.41) is 0. The van der Waals surface area contributed by atoms with Crippen molar-refractivity contribution < 1.29 is 4.74 Å². The summed E-state index contributed by atoms with van der Waals surface area (Å²) < 4.78 is 5.96. The molecule has 4 bridgehead atoms. The summed E-state index contributed by atoms with van der Waals surface area (Å²) in [5.41, 5.74) is 1.04. The first-order valence-electron chi connectivity index (χ1n) is 5.49. The Morgan fingerprint density at radius 1 is 1.00 bits per heavy atom. The van der Waals surface area contributed by atoms with E-state index in [9.17, 15) is 0 Å². The van der Waals surface area contributed by atoms with Crippen molar-refractivity contribution in [2.75, 3.05) is 5.52 Å². The van der Waals surface area contributed by atoms with Crippen molar-refractivity contribution in [3.05, 3.63) is 0 Å². The summed E-state index contributed by atoms with van der Waals surface area (Å²) in [5.74, 6) is 3.01. The molecule has 0 aromatic rings. The van der Waals surface area contributed by atoms with E-state index in [0.717, 1.165) is 23.3 Å². The van der Waals surface area contributed by atoms with Gasteiger partial charge in [0.2, 0.25) is 0 Å². The molecule has 13 heavy (non-hydrogen) atoms. The van der Waals surface area contributed by atoms with Gasteiger partial charge in [-0.25, -0.2) is 0 Å². The van der Waals surface area contributed by atoms with Crippen LogP contribution in [0.25, 0.3) is 0 Å². The molecule has 4 rings (SSSR count). The Bertz CT molecular complexity index is 179. The molecule has 4 saturated carbocycles. The molecule has 4 aliphatic carbocycles. The van der Waals surface area contributed by atoms with Crippen molar-refractivity contribution in [3.8, 4) is 0 Å². The monoisotopic (exact) mass is 244 g/mol. The lowest BCUT2D eigenvalue weighted by molar-refractivity contribution is -0.149. The van der Waals surface area contributed by atoms with Crippen molar-refractivity contribution >= 4 is 15.9 Å². The average Bonchev–Trinajstić information content (AvgIpc) is 2.00. The van der Waals surface area contributed by atoms with Gasteiger partial charge in [-0.3, -0.25) is 0 Å². The zero-order valence-corrected chi connectivity index (χ0v) is 9.55. The lowest BCUT2D eigenvalue weighted by Gasteiger charge is -2.56. The highest BCUT2D eigenvalue weighted by molar-refractivity contribution is 9.09. The summed E-state index contributed by atoms with van der Waals surface area (Å²) in [7, 11) is 0. The zero-order chi connectivity index (χ0) is 8.89. The molecule has 0 N–H and O–H groups in total. The molecular formula is C11H17BrO.